The van der Waals surface area contributed by atoms with Crippen LogP contribution in [0.5, 0.6) is 0 Å². The SMILES string of the molecule is Cc1cccc(N2CCN(C(=O)OC(C)(C)C)[C@H](C)C2)c1N. The first kappa shape index (κ1) is 16.5. The number of rotatable bonds is 1. The second kappa shape index (κ2) is 6.07. The van der Waals surface area contributed by atoms with Gasteiger partial charge in [0.25, 0.3) is 0 Å². The molecule has 122 valence electrons. The number of carbonyl (C=O) groups is 1. The van der Waals surface area contributed by atoms with E-state index >= 15 is 0 Å². The average Bonchev–Trinajstić information content (AvgIpc) is 2.39. The number of ether oxygens (including phenoxy) is 1. The summed E-state index contributed by atoms with van der Waals surface area (Å²) in [4.78, 5) is 16.3. The fourth-order valence-corrected chi connectivity index (χ4v) is 2.71. The second-order valence-corrected chi connectivity index (χ2v) is 6.98. The highest BCUT2D eigenvalue weighted by atomic mass is 16.6. The summed E-state index contributed by atoms with van der Waals surface area (Å²) in [6.07, 6.45) is -0.239. The summed E-state index contributed by atoms with van der Waals surface area (Å²) in [5, 5.41) is 0. The largest absolute Gasteiger partial charge is 0.444 e. The van der Waals surface area contributed by atoms with E-state index in [2.05, 4.69) is 4.90 Å². The van der Waals surface area contributed by atoms with E-state index in [4.69, 9.17) is 10.5 Å². The Kier molecular flexibility index (Phi) is 4.54. The van der Waals surface area contributed by atoms with Crippen LogP contribution in [0.3, 0.4) is 0 Å². The van der Waals surface area contributed by atoms with Crippen LogP contribution in [0.15, 0.2) is 18.2 Å². The molecule has 0 saturated carbocycles. The van der Waals surface area contributed by atoms with Gasteiger partial charge >= 0.3 is 6.09 Å². The number of hydrogen-bond donors (Lipinski definition) is 1. The Balaban J connectivity index is 2.07. The third-order valence-corrected chi connectivity index (χ3v) is 3.90. The van der Waals surface area contributed by atoms with Crippen LogP contribution in [-0.4, -0.2) is 42.3 Å². The molecular formula is C17H27N3O2. The first-order valence-electron chi connectivity index (χ1n) is 7.78. The van der Waals surface area contributed by atoms with Gasteiger partial charge in [-0.3, -0.25) is 0 Å². The molecule has 22 heavy (non-hydrogen) atoms. The molecule has 1 saturated heterocycles. The fraction of sp³-hybridized carbons (Fsp3) is 0.588. The minimum absolute atomic E-state index is 0.0866. The van der Waals surface area contributed by atoms with Gasteiger partial charge in [0, 0.05) is 25.7 Å². The fourth-order valence-electron chi connectivity index (χ4n) is 2.71. The van der Waals surface area contributed by atoms with Crippen molar-refractivity contribution in [1.29, 1.82) is 0 Å². The highest BCUT2D eigenvalue weighted by Crippen LogP contribution is 2.28. The van der Waals surface area contributed by atoms with Crippen LogP contribution in [0, 0.1) is 6.92 Å². The summed E-state index contributed by atoms with van der Waals surface area (Å²) in [6, 6.07) is 6.16. The molecule has 5 heteroatoms. The molecular weight excluding hydrogens is 278 g/mol. The minimum atomic E-state index is -0.463. The summed E-state index contributed by atoms with van der Waals surface area (Å²) < 4.78 is 5.48. The molecule has 1 amide bonds. The zero-order valence-corrected chi connectivity index (χ0v) is 14.2. The molecule has 0 aromatic heterocycles. The van der Waals surface area contributed by atoms with Crippen molar-refractivity contribution in [3.63, 3.8) is 0 Å². The molecule has 1 fully saturated rings. The Bertz CT molecular complexity index is 551. The molecule has 2 rings (SSSR count). The van der Waals surface area contributed by atoms with Gasteiger partial charge in [-0.15, -0.1) is 0 Å². The van der Waals surface area contributed by atoms with Crippen molar-refractivity contribution in [3.8, 4) is 0 Å². The zero-order valence-electron chi connectivity index (χ0n) is 14.2. The summed E-state index contributed by atoms with van der Waals surface area (Å²) in [5.74, 6) is 0. The van der Waals surface area contributed by atoms with E-state index in [9.17, 15) is 4.79 Å². The Labute approximate surface area is 133 Å². The van der Waals surface area contributed by atoms with E-state index in [0.717, 1.165) is 30.0 Å². The number of carbonyl (C=O) groups excluding carboxylic acids is 1. The van der Waals surface area contributed by atoms with E-state index in [1.165, 1.54) is 0 Å². The number of nitrogens with two attached hydrogens (primary N) is 1. The normalized spacial score (nSPS) is 19.2. The number of hydrogen-bond acceptors (Lipinski definition) is 4. The maximum absolute atomic E-state index is 12.2. The minimum Gasteiger partial charge on any atom is -0.444 e. The van der Waals surface area contributed by atoms with Gasteiger partial charge < -0.3 is 20.3 Å². The number of anilines is 2. The number of benzene rings is 1. The van der Waals surface area contributed by atoms with Crippen LogP contribution < -0.4 is 10.6 Å². The van der Waals surface area contributed by atoms with Gasteiger partial charge in [-0.05, 0) is 46.2 Å². The van der Waals surface area contributed by atoms with Gasteiger partial charge in [0.1, 0.15) is 5.60 Å². The Hall–Kier alpha value is -1.91. The molecule has 2 N–H and O–H groups in total. The molecule has 1 heterocycles. The number of piperazine rings is 1. The topological polar surface area (TPSA) is 58.8 Å². The van der Waals surface area contributed by atoms with Crippen LogP contribution in [0.4, 0.5) is 16.2 Å². The highest BCUT2D eigenvalue weighted by molar-refractivity contribution is 5.72. The monoisotopic (exact) mass is 305 g/mol. The highest BCUT2D eigenvalue weighted by Gasteiger charge is 2.31. The van der Waals surface area contributed by atoms with Crippen molar-refractivity contribution in [3.05, 3.63) is 23.8 Å². The molecule has 0 radical (unpaired) electrons. The lowest BCUT2D eigenvalue weighted by molar-refractivity contribution is 0.0159. The molecule has 0 spiro atoms. The van der Waals surface area contributed by atoms with Crippen LogP contribution in [0.2, 0.25) is 0 Å². The van der Waals surface area contributed by atoms with E-state index in [1.54, 1.807) is 4.90 Å². The standard InChI is InChI=1S/C17H27N3O2/c1-12-7-6-8-14(15(12)18)19-9-10-20(13(2)11-19)16(21)22-17(3,4)5/h6-8,13H,9-11,18H2,1-5H3/t13-/m1/s1. The van der Waals surface area contributed by atoms with Crippen LogP contribution in [0.25, 0.3) is 0 Å². The summed E-state index contributed by atoms with van der Waals surface area (Å²) in [6.45, 7) is 11.9. The Morgan fingerprint density at radius 2 is 2.00 bits per heavy atom. The van der Waals surface area contributed by atoms with Crippen LogP contribution >= 0.6 is 0 Å². The molecule has 0 unspecified atom stereocenters. The van der Waals surface area contributed by atoms with Crippen molar-refractivity contribution in [2.75, 3.05) is 30.3 Å². The first-order valence-corrected chi connectivity index (χ1v) is 7.78. The quantitative estimate of drug-likeness (QED) is 0.810. The summed E-state index contributed by atoms with van der Waals surface area (Å²) >= 11 is 0. The predicted molar refractivity (Wildman–Crippen MR) is 90.2 cm³/mol. The lowest BCUT2D eigenvalue weighted by Crippen LogP contribution is -2.55. The molecule has 1 atom stereocenters. The molecule has 0 bridgehead atoms. The number of nitrogen functional groups attached to an aromatic ring is 1. The van der Waals surface area contributed by atoms with Gasteiger partial charge in [0.15, 0.2) is 0 Å². The second-order valence-electron chi connectivity index (χ2n) is 6.98. The average molecular weight is 305 g/mol. The third kappa shape index (κ3) is 3.64. The van der Waals surface area contributed by atoms with Crippen molar-refractivity contribution >= 4 is 17.5 Å². The van der Waals surface area contributed by atoms with Crippen molar-refractivity contribution in [1.82, 2.24) is 4.90 Å². The van der Waals surface area contributed by atoms with Gasteiger partial charge in [-0.1, -0.05) is 12.1 Å². The van der Waals surface area contributed by atoms with Crippen molar-refractivity contribution in [2.45, 2.75) is 46.3 Å². The van der Waals surface area contributed by atoms with Gasteiger partial charge in [0.2, 0.25) is 0 Å². The van der Waals surface area contributed by atoms with E-state index in [-0.39, 0.29) is 12.1 Å². The molecule has 1 aliphatic rings. The Morgan fingerprint density at radius 3 is 2.59 bits per heavy atom. The number of nitrogens with zero attached hydrogens (tertiary/aromatic N) is 2. The maximum Gasteiger partial charge on any atom is 0.410 e. The number of aryl methyl sites for hydroxylation is 1. The van der Waals surface area contributed by atoms with E-state index in [0.29, 0.717) is 6.54 Å². The number of para-hydroxylation sites is 1. The lowest BCUT2D eigenvalue weighted by Gasteiger charge is -2.41. The third-order valence-electron chi connectivity index (χ3n) is 3.90. The van der Waals surface area contributed by atoms with E-state index < -0.39 is 5.60 Å². The predicted octanol–water partition coefficient (Wildman–Crippen LogP) is 3.02. The van der Waals surface area contributed by atoms with Gasteiger partial charge in [-0.2, -0.15) is 0 Å². The van der Waals surface area contributed by atoms with Crippen molar-refractivity contribution in [2.24, 2.45) is 0 Å². The van der Waals surface area contributed by atoms with Crippen LogP contribution in [0.1, 0.15) is 33.3 Å². The van der Waals surface area contributed by atoms with Gasteiger partial charge in [-0.25, -0.2) is 4.79 Å². The molecule has 1 aliphatic heterocycles. The van der Waals surface area contributed by atoms with Crippen molar-refractivity contribution < 1.29 is 9.53 Å². The van der Waals surface area contributed by atoms with E-state index in [1.807, 2.05) is 52.8 Å². The number of amides is 1. The van der Waals surface area contributed by atoms with Gasteiger partial charge in [0.05, 0.1) is 11.4 Å². The molecule has 1 aromatic carbocycles. The molecule has 1 aromatic rings. The zero-order chi connectivity index (χ0) is 16.5. The molecule has 5 nitrogen and oxygen atoms in total. The van der Waals surface area contributed by atoms with Crippen LogP contribution in [-0.2, 0) is 4.74 Å². The summed E-state index contributed by atoms with van der Waals surface area (Å²) in [7, 11) is 0. The summed E-state index contributed by atoms with van der Waals surface area (Å²) in [5.41, 5.74) is 8.68. The lowest BCUT2D eigenvalue weighted by atomic mass is 10.1. The first-order chi connectivity index (χ1) is 10.2. The molecule has 0 aliphatic carbocycles. The Morgan fingerprint density at radius 1 is 1.32 bits per heavy atom. The smallest absolute Gasteiger partial charge is 0.410 e. The maximum atomic E-state index is 12.2.